The summed E-state index contributed by atoms with van der Waals surface area (Å²) in [5.74, 6) is -1.40. The Bertz CT molecular complexity index is 1120. The Kier molecular flexibility index (Phi) is 20.6. The summed E-state index contributed by atoms with van der Waals surface area (Å²) in [6, 6.07) is 0. The number of carbonyl (C=O) groups is 2. The number of hydrogen-bond donors (Lipinski definition) is 1. The Morgan fingerprint density at radius 2 is 1.64 bits per heavy atom. The quantitative estimate of drug-likeness (QED) is 0.194. The van der Waals surface area contributed by atoms with Crippen molar-refractivity contribution in [1.82, 2.24) is 5.32 Å². The molecule has 0 bridgehead atoms. The lowest BCUT2D eigenvalue weighted by atomic mass is 9.91. The molecule has 7 atom stereocenters. The highest BCUT2D eigenvalue weighted by molar-refractivity contribution is 5.84. The van der Waals surface area contributed by atoms with Crippen molar-refractivity contribution in [3.05, 3.63) is 23.8 Å². The molecule has 1 spiro atoms. The summed E-state index contributed by atoms with van der Waals surface area (Å²) in [5, 5.41) is 3.00. The molecule has 3 aliphatic rings. The second-order valence-electron chi connectivity index (χ2n) is 15.9. The van der Waals surface area contributed by atoms with Crippen molar-refractivity contribution >= 4 is 11.9 Å². The number of cyclic esters (lactones) is 1. The standard InChI is InChI=1S/C42H73NO10/c1-9-15-37-39(44)43-28-35(48-30-47-8)27-38-36(52-41(5,6)53-38)21-20-34(29-46-7)18-13-17-33(10-2)19-14-23-42(49-24-25-50-42)22-12-11-16-31(3)26-32(4)40(45)51-37/h13,17-18,31-33,35-38H,9-12,14-16,19-30H2,1-8H3,(H,43,44)/b17-13+,34-18-/t31-,32+,33+,35+,36-,37+,38+/m1/s1. The van der Waals surface area contributed by atoms with Crippen LogP contribution >= 0.6 is 0 Å². The van der Waals surface area contributed by atoms with Gasteiger partial charge >= 0.3 is 5.97 Å². The van der Waals surface area contributed by atoms with Crippen LogP contribution < -0.4 is 5.32 Å². The third-order valence-electron chi connectivity index (χ3n) is 10.7. The van der Waals surface area contributed by atoms with Crippen molar-refractivity contribution < 1.29 is 47.5 Å². The van der Waals surface area contributed by atoms with Crippen LogP contribution in [0.5, 0.6) is 0 Å². The number of carbonyl (C=O) groups excluding carboxylic acids is 2. The Morgan fingerprint density at radius 1 is 0.906 bits per heavy atom. The fourth-order valence-electron chi connectivity index (χ4n) is 7.83. The SMILES string of the molecule is CCC[C@@H]1OC(=O)[C@@H](C)C[C@H](C)CCCCC2(CCC[C@@H](CC)/C=C/C=C(\COC)CC[C@H]3OC(C)(C)O[C@H]3C[C@H](OCOC)CNC1=O)OCCO2. The molecule has 306 valence electrons. The third kappa shape index (κ3) is 16.4. The van der Waals surface area contributed by atoms with Crippen LogP contribution in [0.2, 0.25) is 0 Å². The first-order valence-corrected chi connectivity index (χ1v) is 20.5. The molecule has 2 fully saturated rings. The number of nitrogens with one attached hydrogen (secondary N) is 1. The molecule has 11 heteroatoms. The monoisotopic (exact) mass is 752 g/mol. The molecule has 0 aromatic rings. The zero-order chi connectivity index (χ0) is 38.7. The van der Waals surface area contributed by atoms with Gasteiger partial charge in [0.1, 0.15) is 6.79 Å². The van der Waals surface area contributed by atoms with E-state index in [4.69, 9.17) is 37.9 Å². The number of hydrogen-bond acceptors (Lipinski definition) is 10. The van der Waals surface area contributed by atoms with Crippen LogP contribution in [-0.4, -0.2) is 95.2 Å². The Balaban J connectivity index is 1.80. The molecule has 2 saturated heterocycles. The molecular formula is C42H73NO10. The van der Waals surface area contributed by atoms with Gasteiger partial charge in [0, 0.05) is 40.0 Å². The van der Waals surface area contributed by atoms with E-state index in [2.05, 4.69) is 37.4 Å². The summed E-state index contributed by atoms with van der Waals surface area (Å²) in [6.45, 7) is 14.3. The molecule has 1 amide bonds. The molecule has 0 aliphatic carbocycles. The minimum atomic E-state index is -0.867. The zero-order valence-corrected chi connectivity index (χ0v) is 34.3. The van der Waals surface area contributed by atoms with Crippen molar-refractivity contribution in [2.24, 2.45) is 17.8 Å². The topological polar surface area (TPSA) is 120 Å². The van der Waals surface area contributed by atoms with Crippen molar-refractivity contribution in [3.8, 4) is 0 Å². The lowest BCUT2D eigenvalue weighted by molar-refractivity contribution is -0.169. The third-order valence-corrected chi connectivity index (χ3v) is 10.7. The number of amides is 1. The van der Waals surface area contributed by atoms with E-state index in [1.165, 1.54) is 5.57 Å². The molecule has 1 N–H and O–H groups in total. The number of allylic oxidation sites excluding steroid dienone is 3. The molecule has 0 unspecified atom stereocenters. The zero-order valence-electron chi connectivity index (χ0n) is 34.3. The van der Waals surface area contributed by atoms with Gasteiger partial charge in [0.25, 0.3) is 5.91 Å². The molecule has 0 aromatic carbocycles. The van der Waals surface area contributed by atoms with Gasteiger partial charge in [0.15, 0.2) is 17.7 Å². The van der Waals surface area contributed by atoms with E-state index < -0.39 is 23.8 Å². The van der Waals surface area contributed by atoms with Gasteiger partial charge in [-0.15, -0.1) is 0 Å². The Morgan fingerprint density at radius 3 is 2.34 bits per heavy atom. The van der Waals surface area contributed by atoms with Crippen LogP contribution in [-0.2, 0) is 47.5 Å². The molecule has 11 nitrogen and oxygen atoms in total. The summed E-state index contributed by atoms with van der Waals surface area (Å²) in [7, 11) is 3.29. The van der Waals surface area contributed by atoms with E-state index in [9.17, 15) is 9.59 Å². The first-order valence-electron chi connectivity index (χ1n) is 20.5. The second-order valence-corrected chi connectivity index (χ2v) is 15.9. The van der Waals surface area contributed by atoms with Gasteiger partial charge in [0.05, 0.1) is 44.1 Å². The van der Waals surface area contributed by atoms with Crippen molar-refractivity contribution in [1.29, 1.82) is 0 Å². The maximum Gasteiger partial charge on any atom is 0.309 e. The number of esters is 1. The maximum atomic E-state index is 13.4. The summed E-state index contributed by atoms with van der Waals surface area (Å²) < 4.78 is 47.9. The predicted molar refractivity (Wildman–Crippen MR) is 205 cm³/mol. The highest BCUT2D eigenvalue weighted by atomic mass is 16.8. The lowest BCUT2D eigenvalue weighted by Crippen LogP contribution is -2.44. The van der Waals surface area contributed by atoms with Gasteiger partial charge < -0.3 is 43.2 Å². The minimum Gasteiger partial charge on any atom is -0.452 e. The van der Waals surface area contributed by atoms with Gasteiger partial charge in [-0.3, -0.25) is 9.59 Å². The second kappa shape index (κ2) is 23.9. The van der Waals surface area contributed by atoms with Crippen molar-refractivity contribution in [2.75, 3.05) is 47.4 Å². The van der Waals surface area contributed by atoms with Crippen LogP contribution in [0.4, 0.5) is 0 Å². The van der Waals surface area contributed by atoms with E-state index in [1.54, 1.807) is 14.2 Å². The summed E-state index contributed by atoms with van der Waals surface area (Å²) >= 11 is 0. The predicted octanol–water partition coefficient (Wildman–Crippen LogP) is 7.80. The van der Waals surface area contributed by atoms with Crippen LogP contribution in [0.25, 0.3) is 0 Å². The molecular weight excluding hydrogens is 678 g/mol. The van der Waals surface area contributed by atoms with Gasteiger partial charge in [-0.25, -0.2) is 0 Å². The van der Waals surface area contributed by atoms with Crippen LogP contribution in [0.15, 0.2) is 23.8 Å². The highest BCUT2D eigenvalue weighted by Gasteiger charge is 2.42. The normalized spacial score (nSPS) is 33.5. The molecule has 0 aromatic heterocycles. The van der Waals surface area contributed by atoms with Crippen molar-refractivity contribution in [2.45, 2.75) is 167 Å². The van der Waals surface area contributed by atoms with Crippen LogP contribution in [0, 0.1) is 17.8 Å². The van der Waals surface area contributed by atoms with Crippen molar-refractivity contribution in [3.63, 3.8) is 0 Å². The number of rotatable bonds is 8. The fourth-order valence-corrected chi connectivity index (χ4v) is 7.83. The smallest absolute Gasteiger partial charge is 0.309 e. The van der Waals surface area contributed by atoms with E-state index in [0.717, 1.165) is 64.2 Å². The minimum absolute atomic E-state index is 0.0689. The molecule has 3 aliphatic heterocycles. The molecule has 3 rings (SSSR count). The number of fused-ring (bicyclic) bond motifs is 1. The lowest BCUT2D eigenvalue weighted by Gasteiger charge is -2.28. The molecule has 0 radical (unpaired) electrons. The van der Waals surface area contributed by atoms with Gasteiger partial charge in [-0.1, -0.05) is 65.2 Å². The average Bonchev–Trinajstić information content (AvgIpc) is 3.71. The molecule has 53 heavy (non-hydrogen) atoms. The van der Waals surface area contributed by atoms with Crippen LogP contribution in [0.3, 0.4) is 0 Å². The summed E-state index contributed by atoms with van der Waals surface area (Å²) in [4.78, 5) is 26.7. The summed E-state index contributed by atoms with van der Waals surface area (Å²) in [5.41, 5.74) is 1.19. The Hall–Kier alpha value is -1.86. The Labute approximate surface area is 320 Å². The largest absolute Gasteiger partial charge is 0.452 e. The number of methoxy groups -OCH3 is 2. The summed E-state index contributed by atoms with van der Waals surface area (Å²) in [6.07, 6.45) is 16.9. The van der Waals surface area contributed by atoms with Gasteiger partial charge in [-0.2, -0.15) is 0 Å². The maximum absolute atomic E-state index is 13.4. The van der Waals surface area contributed by atoms with Gasteiger partial charge in [0.2, 0.25) is 0 Å². The number of ether oxygens (including phenoxy) is 8. The van der Waals surface area contributed by atoms with Gasteiger partial charge in [-0.05, 0) is 82.6 Å². The first-order chi connectivity index (χ1) is 25.4. The van der Waals surface area contributed by atoms with E-state index >= 15 is 0 Å². The van der Waals surface area contributed by atoms with E-state index in [1.807, 2.05) is 27.7 Å². The molecule has 3 heterocycles. The highest BCUT2D eigenvalue weighted by Crippen LogP contribution is 2.35. The van der Waals surface area contributed by atoms with Crippen LogP contribution in [0.1, 0.15) is 131 Å². The first kappa shape index (κ1) is 45.5. The van der Waals surface area contributed by atoms with E-state index in [-0.39, 0.29) is 43.3 Å². The average molecular weight is 752 g/mol. The fraction of sp³-hybridized carbons (Fsp3) is 0.857. The molecule has 0 saturated carbocycles. The van der Waals surface area contributed by atoms with E-state index in [0.29, 0.717) is 57.3 Å².